The number of nitrogens with zero attached hydrogens (tertiary/aromatic N) is 1. The number of Topliss-reactive ketones (excluding diaryl/α,β-unsaturated/α-hetero) is 1. The summed E-state index contributed by atoms with van der Waals surface area (Å²) in [5.41, 5.74) is 2.16. The molecule has 1 heterocycles. The van der Waals surface area contributed by atoms with Gasteiger partial charge in [0.25, 0.3) is 5.91 Å². The highest BCUT2D eigenvalue weighted by atomic mass is 16.4. The molecule has 0 aliphatic rings. The second-order valence-corrected chi connectivity index (χ2v) is 10.7. The number of anilines is 1. The molecule has 3 N–H and O–H groups in total. The maximum Gasteiger partial charge on any atom is 0.343 e. The molecule has 1 atom stereocenters. The Morgan fingerprint density at radius 2 is 1.49 bits per heavy atom. The van der Waals surface area contributed by atoms with E-state index in [4.69, 9.17) is 4.42 Å². The molecule has 1 aromatic heterocycles. The van der Waals surface area contributed by atoms with Gasteiger partial charge in [0.15, 0.2) is 5.71 Å². The molecule has 212 valence electrons. The number of nitrogens with one attached hydrogen (secondary N) is 1. The lowest BCUT2D eigenvalue weighted by Gasteiger charge is -2.20. The molecule has 8 heteroatoms. The Labute approximate surface area is 238 Å². The van der Waals surface area contributed by atoms with Gasteiger partial charge in [0, 0.05) is 18.0 Å². The number of fused-ring (bicyclic) bond motifs is 1. The van der Waals surface area contributed by atoms with E-state index in [1.165, 1.54) is 0 Å². The Morgan fingerprint density at radius 1 is 0.878 bits per heavy atom. The van der Waals surface area contributed by atoms with Gasteiger partial charge in [-0.2, -0.15) is 0 Å². The summed E-state index contributed by atoms with van der Waals surface area (Å²) < 4.78 is 5.47. The van der Waals surface area contributed by atoms with Crippen LogP contribution in [0.2, 0.25) is 0 Å². The van der Waals surface area contributed by atoms with Crippen LogP contribution in [0.25, 0.3) is 11.0 Å². The summed E-state index contributed by atoms with van der Waals surface area (Å²) in [7, 11) is 0. The van der Waals surface area contributed by atoms with E-state index < -0.39 is 29.7 Å². The minimum absolute atomic E-state index is 0.0531. The molecule has 0 spiro atoms. The van der Waals surface area contributed by atoms with Gasteiger partial charge in [-0.1, -0.05) is 93.5 Å². The van der Waals surface area contributed by atoms with Crippen molar-refractivity contribution in [3.05, 3.63) is 105 Å². The second kappa shape index (κ2) is 12.6. The molecule has 41 heavy (non-hydrogen) atoms. The van der Waals surface area contributed by atoms with Crippen LogP contribution in [-0.4, -0.2) is 27.7 Å². The molecular weight excluding hydrogens is 520 g/mol. The summed E-state index contributed by atoms with van der Waals surface area (Å²) in [6.07, 6.45) is -0.723. The number of hydrogen-bond donors (Lipinski definition) is 3. The van der Waals surface area contributed by atoms with Crippen LogP contribution in [0.3, 0.4) is 0 Å². The van der Waals surface area contributed by atoms with Crippen molar-refractivity contribution in [2.45, 2.75) is 58.3 Å². The molecule has 3 aromatic carbocycles. The van der Waals surface area contributed by atoms with Gasteiger partial charge >= 0.3 is 5.63 Å². The van der Waals surface area contributed by atoms with Crippen LogP contribution in [-0.2, 0) is 9.59 Å². The van der Waals surface area contributed by atoms with Crippen LogP contribution >= 0.6 is 0 Å². The van der Waals surface area contributed by atoms with Crippen molar-refractivity contribution in [3.63, 3.8) is 0 Å². The Hall–Kier alpha value is -4.72. The van der Waals surface area contributed by atoms with Crippen molar-refractivity contribution in [2.75, 3.05) is 5.32 Å². The first-order valence-electron chi connectivity index (χ1n) is 13.6. The number of ketones is 1. The van der Waals surface area contributed by atoms with Gasteiger partial charge in [-0.15, -0.1) is 0 Å². The summed E-state index contributed by atoms with van der Waals surface area (Å²) >= 11 is 0. The first kappa shape index (κ1) is 29.3. The van der Waals surface area contributed by atoms with Crippen LogP contribution in [0, 0.1) is 0 Å². The number of benzene rings is 3. The lowest BCUT2D eigenvalue weighted by Crippen LogP contribution is -2.27. The van der Waals surface area contributed by atoms with Crippen LogP contribution in [0.4, 0.5) is 5.69 Å². The molecule has 0 fully saturated rings. The highest BCUT2D eigenvalue weighted by Gasteiger charge is 2.29. The van der Waals surface area contributed by atoms with E-state index in [9.17, 15) is 24.7 Å². The standard InChI is InChI=1S/C33H34N2O6/c1-19(2)23-14-10-15-24(20(3)4)30(23)34-32(38)27(35-40)18-22(36)17-26(21-11-6-5-7-12-21)29-31(37)25-13-8-9-16-28(25)41-33(29)39/h5-16,19-20,26,37,40H,17-18H2,1-4H3,(H,34,38)/b35-27+/t26-/m1/s1. The number of aromatic hydroxyl groups is 1. The van der Waals surface area contributed by atoms with Gasteiger partial charge in [-0.05, 0) is 40.7 Å². The van der Waals surface area contributed by atoms with Crippen LogP contribution in [0.5, 0.6) is 5.75 Å². The van der Waals surface area contributed by atoms with Gasteiger partial charge in [-0.25, -0.2) is 4.79 Å². The van der Waals surface area contributed by atoms with E-state index in [1.807, 2.05) is 45.9 Å². The fourth-order valence-electron chi connectivity index (χ4n) is 5.06. The van der Waals surface area contributed by atoms with E-state index >= 15 is 0 Å². The lowest BCUT2D eigenvalue weighted by atomic mass is 9.86. The van der Waals surface area contributed by atoms with Crippen molar-refractivity contribution < 1.29 is 24.3 Å². The first-order valence-corrected chi connectivity index (χ1v) is 13.6. The van der Waals surface area contributed by atoms with Crippen LogP contribution < -0.4 is 10.9 Å². The third kappa shape index (κ3) is 6.38. The second-order valence-electron chi connectivity index (χ2n) is 10.7. The number of hydrogen-bond acceptors (Lipinski definition) is 7. The molecular formula is C33H34N2O6. The smallest absolute Gasteiger partial charge is 0.343 e. The number of oxime groups is 1. The molecule has 0 aliphatic carbocycles. The van der Waals surface area contributed by atoms with Crippen LogP contribution in [0.1, 0.15) is 80.5 Å². The summed E-state index contributed by atoms with van der Waals surface area (Å²) in [4.78, 5) is 39.7. The average molecular weight is 555 g/mol. The topological polar surface area (TPSA) is 129 Å². The molecule has 0 saturated heterocycles. The highest BCUT2D eigenvalue weighted by molar-refractivity contribution is 6.45. The fraction of sp³-hybridized carbons (Fsp3) is 0.273. The molecule has 4 aromatic rings. The SMILES string of the molecule is CC(C)c1cccc(C(C)C)c1NC(=O)/C(CC(=O)C[C@H](c1ccccc1)c1c(O)c2ccccc2oc1=O)=N/O. The number of rotatable bonds is 10. The molecule has 4 rings (SSSR count). The van der Waals surface area contributed by atoms with E-state index in [1.54, 1.807) is 54.6 Å². The zero-order chi connectivity index (χ0) is 29.7. The maximum absolute atomic E-state index is 13.4. The minimum atomic E-state index is -0.859. The summed E-state index contributed by atoms with van der Waals surface area (Å²) in [6, 6.07) is 21.2. The van der Waals surface area contributed by atoms with Crippen molar-refractivity contribution in [3.8, 4) is 5.75 Å². The normalized spacial score (nSPS) is 12.6. The molecule has 0 radical (unpaired) electrons. The Balaban J connectivity index is 1.63. The molecule has 0 aliphatic heterocycles. The first-order chi connectivity index (χ1) is 19.6. The summed E-state index contributed by atoms with van der Waals surface area (Å²) in [6.45, 7) is 8.06. The number of carbonyl (C=O) groups excluding carboxylic acids is 2. The van der Waals surface area contributed by atoms with Crippen molar-refractivity contribution in [1.82, 2.24) is 0 Å². The van der Waals surface area contributed by atoms with Gasteiger partial charge < -0.3 is 20.0 Å². The number of amides is 1. The number of para-hydroxylation sites is 2. The zero-order valence-corrected chi connectivity index (χ0v) is 23.5. The Kier molecular flexibility index (Phi) is 9.02. The third-order valence-electron chi connectivity index (χ3n) is 7.16. The third-order valence-corrected chi connectivity index (χ3v) is 7.16. The van der Waals surface area contributed by atoms with E-state index in [0.29, 0.717) is 16.6 Å². The van der Waals surface area contributed by atoms with E-state index in [-0.39, 0.29) is 40.9 Å². The minimum Gasteiger partial charge on any atom is -0.507 e. The summed E-state index contributed by atoms with van der Waals surface area (Å²) in [5, 5.41) is 27.2. The maximum atomic E-state index is 13.4. The largest absolute Gasteiger partial charge is 0.507 e. The van der Waals surface area contributed by atoms with Gasteiger partial charge in [0.05, 0.1) is 17.4 Å². The molecule has 0 unspecified atom stereocenters. The molecule has 0 bridgehead atoms. The van der Waals surface area contributed by atoms with Crippen molar-refractivity contribution in [1.29, 1.82) is 0 Å². The van der Waals surface area contributed by atoms with E-state index in [2.05, 4.69) is 10.5 Å². The molecule has 8 nitrogen and oxygen atoms in total. The van der Waals surface area contributed by atoms with Crippen molar-refractivity contribution in [2.24, 2.45) is 5.16 Å². The Morgan fingerprint density at radius 3 is 2.10 bits per heavy atom. The molecule has 1 amide bonds. The lowest BCUT2D eigenvalue weighted by molar-refractivity contribution is -0.119. The van der Waals surface area contributed by atoms with Gasteiger partial charge in [-0.3, -0.25) is 9.59 Å². The molecule has 0 saturated carbocycles. The van der Waals surface area contributed by atoms with Crippen molar-refractivity contribution >= 4 is 34.1 Å². The highest BCUT2D eigenvalue weighted by Crippen LogP contribution is 2.37. The fourth-order valence-corrected chi connectivity index (χ4v) is 5.06. The predicted molar refractivity (Wildman–Crippen MR) is 159 cm³/mol. The average Bonchev–Trinajstić information content (AvgIpc) is 2.95. The quantitative estimate of drug-likeness (QED) is 0.0866. The van der Waals surface area contributed by atoms with Gasteiger partial charge in [0.1, 0.15) is 17.1 Å². The zero-order valence-electron chi connectivity index (χ0n) is 23.5. The van der Waals surface area contributed by atoms with Gasteiger partial charge in [0.2, 0.25) is 0 Å². The summed E-state index contributed by atoms with van der Waals surface area (Å²) in [5.74, 6) is -2.04. The Bertz CT molecular complexity index is 1630. The van der Waals surface area contributed by atoms with E-state index in [0.717, 1.165) is 11.1 Å². The predicted octanol–water partition coefficient (Wildman–Crippen LogP) is 6.70. The number of carbonyl (C=O) groups is 2. The monoisotopic (exact) mass is 554 g/mol. The van der Waals surface area contributed by atoms with Crippen LogP contribution in [0.15, 0.2) is 87.2 Å².